The third-order valence-corrected chi connectivity index (χ3v) is 2.95. The van der Waals surface area contributed by atoms with Gasteiger partial charge in [-0.05, 0) is 39.8 Å². The van der Waals surface area contributed by atoms with Gasteiger partial charge in [0.05, 0.1) is 6.54 Å². The van der Waals surface area contributed by atoms with Crippen molar-refractivity contribution in [1.82, 2.24) is 10.2 Å². The number of amides is 2. The van der Waals surface area contributed by atoms with Crippen molar-refractivity contribution >= 4 is 11.8 Å². The molecule has 0 aliphatic heterocycles. The van der Waals surface area contributed by atoms with Crippen molar-refractivity contribution in [1.29, 1.82) is 0 Å². The van der Waals surface area contributed by atoms with Gasteiger partial charge in [-0.2, -0.15) is 0 Å². The van der Waals surface area contributed by atoms with Crippen LogP contribution in [0.15, 0.2) is 0 Å². The van der Waals surface area contributed by atoms with E-state index < -0.39 is 0 Å². The highest BCUT2D eigenvalue weighted by Crippen LogP contribution is 2.23. The topological polar surface area (TPSA) is 75.4 Å². The van der Waals surface area contributed by atoms with Crippen LogP contribution in [0.5, 0.6) is 0 Å². The molecule has 1 rings (SSSR count). The molecule has 1 aliphatic carbocycles. The molecule has 92 valence electrons. The number of carbonyl (C=O) groups excluding carboxylic acids is 2. The highest BCUT2D eigenvalue weighted by Gasteiger charge is 2.25. The third-order valence-electron chi connectivity index (χ3n) is 2.95. The molecule has 1 aliphatic rings. The summed E-state index contributed by atoms with van der Waals surface area (Å²) in [5, 5.41) is 2.98. The minimum atomic E-state index is -0.210. The van der Waals surface area contributed by atoms with Crippen LogP contribution in [0.25, 0.3) is 0 Å². The molecule has 5 heteroatoms. The van der Waals surface area contributed by atoms with Gasteiger partial charge in [0.25, 0.3) is 0 Å². The van der Waals surface area contributed by atoms with Crippen molar-refractivity contribution < 1.29 is 9.59 Å². The Balaban J connectivity index is 2.26. The van der Waals surface area contributed by atoms with Gasteiger partial charge in [0.15, 0.2) is 0 Å². The van der Waals surface area contributed by atoms with E-state index in [9.17, 15) is 9.59 Å². The quantitative estimate of drug-likeness (QED) is 0.693. The molecule has 0 radical (unpaired) electrons. The Labute approximate surface area is 96.4 Å². The minimum absolute atomic E-state index is 0.00185. The van der Waals surface area contributed by atoms with Gasteiger partial charge in [0, 0.05) is 12.0 Å². The molecule has 0 bridgehead atoms. The lowest BCUT2D eigenvalue weighted by Gasteiger charge is -2.27. The zero-order valence-corrected chi connectivity index (χ0v) is 10.0. The van der Waals surface area contributed by atoms with E-state index in [-0.39, 0.29) is 23.8 Å². The molecule has 0 heterocycles. The molecule has 2 amide bonds. The third kappa shape index (κ3) is 4.18. The Morgan fingerprint density at radius 1 is 1.25 bits per heavy atom. The molecule has 0 aromatic carbocycles. The molecule has 0 spiro atoms. The van der Waals surface area contributed by atoms with Gasteiger partial charge in [-0.3, -0.25) is 9.59 Å². The van der Waals surface area contributed by atoms with E-state index in [2.05, 4.69) is 5.32 Å². The van der Waals surface area contributed by atoms with Crippen LogP contribution in [0, 0.1) is 5.92 Å². The second-order valence-corrected chi connectivity index (χ2v) is 4.76. The fraction of sp³-hybridized carbons (Fsp3) is 0.818. The van der Waals surface area contributed by atoms with Crippen LogP contribution in [0.2, 0.25) is 0 Å². The van der Waals surface area contributed by atoms with Crippen molar-refractivity contribution in [2.45, 2.75) is 31.7 Å². The number of likely N-dealkylation sites (N-methyl/N-ethyl adjacent to an activating group) is 1. The maximum absolute atomic E-state index is 11.5. The molecule has 1 fully saturated rings. The smallest absolute Gasteiger partial charge is 0.234 e. The largest absolute Gasteiger partial charge is 0.369 e. The number of rotatable bonds is 4. The Morgan fingerprint density at radius 2 is 1.81 bits per heavy atom. The van der Waals surface area contributed by atoms with E-state index >= 15 is 0 Å². The summed E-state index contributed by atoms with van der Waals surface area (Å²) in [6.45, 7) is 0.412. The molecule has 0 unspecified atom stereocenters. The molecule has 0 aromatic heterocycles. The second kappa shape index (κ2) is 5.84. The Kier molecular flexibility index (Phi) is 4.73. The lowest BCUT2D eigenvalue weighted by molar-refractivity contribution is -0.123. The van der Waals surface area contributed by atoms with Gasteiger partial charge in [0.2, 0.25) is 11.8 Å². The van der Waals surface area contributed by atoms with Crippen LogP contribution >= 0.6 is 0 Å². The number of primary amides is 1. The van der Waals surface area contributed by atoms with Crippen LogP contribution < -0.4 is 11.1 Å². The lowest BCUT2D eigenvalue weighted by Crippen LogP contribution is -2.43. The van der Waals surface area contributed by atoms with Gasteiger partial charge in [-0.1, -0.05) is 0 Å². The Morgan fingerprint density at radius 3 is 2.25 bits per heavy atom. The summed E-state index contributed by atoms with van der Waals surface area (Å²) in [4.78, 5) is 24.3. The summed E-state index contributed by atoms with van der Waals surface area (Å²) in [6, 6.07) is 0.211. The van der Waals surface area contributed by atoms with E-state index in [1.807, 2.05) is 19.0 Å². The van der Waals surface area contributed by atoms with Crippen molar-refractivity contribution in [2.24, 2.45) is 11.7 Å². The second-order valence-electron chi connectivity index (χ2n) is 4.76. The number of carbonyl (C=O) groups is 2. The van der Waals surface area contributed by atoms with E-state index in [1.54, 1.807) is 0 Å². The first-order chi connectivity index (χ1) is 7.49. The molecule has 0 atom stereocenters. The summed E-state index contributed by atoms with van der Waals surface area (Å²) in [6.07, 6.45) is 3.30. The zero-order valence-electron chi connectivity index (χ0n) is 10.0. The molecule has 5 nitrogen and oxygen atoms in total. The number of hydrogen-bond acceptors (Lipinski definition) is 3. The maximum atomic E-state index is 11.5. The summed E-state index contributed by atoms with van der Waals surface area (Å²) >= 11 is 0. The Bertz CT molecular complexity index is 258. The maximum Gasteiger partial charge on any atom is 0.234 e. The molecule has 1 saturated carbocycles. The van der Waals surface area contributed by atoms with Crippen molar-refractivity contribution in [2.75, 3.05) is 20.6 Å². The van der Waals surface area contributed by atoms with Gasteiger partial charge in [-0.25, -0.2) is 0 Å². The molecule has 16 heavy (non-hydrogen) atoms. The number of nitrogens with one attached hydrogen (secondary N) is 1. The molecular weight excluding hydrogens is 206 g/mol. The van der Waals surface area contributed by atoms with Crippen LogP contribution in [0.3, 0.4) is 0 Å². The van der Waals surface area contributed by atoms with Crippen LogP contribution in [-0.4, -0.2) is 43.4 Å². The Hall–Kier alpha value is -1.10. The van der Waals surface area contributed by atoms with E-state index in [0.29, 0.717) is 6.54 Å². The predicted octanol–water partition coefficient (Wildman–Crippen LogP) is -0.292. The molecule has 0 aromatic rings. The average Bonchev–Trinajstić information content (AvgIpc) is 2.16. The van der Waals surface area contributed by atoms with Gasteiger partial charge in [-0.15, -0.1) is 0 Å². The SMILES string of the molecule is CN(C)CC(=O)N[C@H]1CC[C@H](C(N)=O)CC1. The lowest BCUT2D eigenvalue weighted by atomic mass is 9.85. The van der Waals surface area contributed by atoms with Gasteiger partial charge < -0.3 is 16.0 Å². The number of hydrogen-bond donors (Lipinski definition) is 2. The highest BCUT2D eigenvalue weighted by molar-refractivity contribution is 5.78. The zero-order chi connectivity index (χ0) is 12.1. The summed E-state index contributed by atoms with van der Waals surface area (Å²) in [5.41, 5.74) is 5.25. The molecule has 3 N–H and O–H groups in total. The summed E-state index contributed by atoms with van der Waals surface area (Å²) in [7, 11) is 3.73. The van der Waals surface area contributed by atoms with Gasteiger partial charge in [0.1, 0.15) is 0 Å². The standard InChI is InChI=1S/C11H21N3O2/c1-14(2)7-10(15)13-9-5-3-8(4-6-9)11(12)16/h8-9H,3-7H2,1-2H3,(H2,12,16)(H,13,15)/t8-,9-. The summed E-state index contributed by atoms with van der Waals surface area (Å²) < 4.78 is 0. The summed E-state index contributed by atoms with van der Waals surface area (Å²) in [5.74, 6) is -0.160. The van der Waals surface area contributed by atoms with Crippen LogP contribution in [0.1, 0.15) is 25.7 Å². The van der Waals surface area contributed by atoms with Crippen molar-refractivity contribution in [3.8, 4) is 0 Å². The van der Waals surface area contributed by atoms with Crippen LogP contribution in [-0.2, 0) is 9.59 Å². The first-order valence-corrected chi connectivity index (χ1v) is 5.72. The monoisotopic (exact) mass is 227 g/mol. The van der Waals surface area contributed by atoms with E-state index in [1.165, 1.54) is 0 Å². The highest BCUT2D eigenvalue weighted by atomic mass is 16.2. The normalized spacial score (nSPS) is 25.4. The first-order valence-electron chi connectivity index (χ1n) is 5.72. The van der Waals surface area contributed by atoms with E-state index in [0.717, 1.165) is 25.7 Å². The average molecular weight is 227 g/mol. The van der Waals surface area contributed by atoms with Gasteiger partial charge >= 0.3 is 0 Å². The minimum Gasteiger partial charge on any atom is -0.369 e. The predicted molar refractivity (Wildman–Crippen MR) is 61.6 cm³/mol. The fourth-order valence-corrected chi connectivity index (χ4v) is 2.08. The number of nitrogens with zero attached hydrogens (tertiary/aromatic N) is 1. The molecular formula is C11H21N3O2. The van der Waals surface area contributed by atoms with Crippen molar-refractivity contribution in [3.63, 3.8) is 0 Å². The first kappa shape index (κ1) is 13.0. The number of nitrogens with two attached hydrogens (primary N) is 1. The van der Waals surface area contributed by atoms with Crippen molar-refractivity contribution in [3.05, 3.63) is 0 Å². The molecule has 0 saturated heterocycles. The van der Waals surface area contributed by atoms with Crippen LogP contribution in [0.4, 0.5) is 0 Å². The van der Waals surface area contributed by atoms with E-state index in [4.69, 9.17) is 5.73 Å². The fourth-order valence-electron chi connectivity index (χ4n) is 2.08.